The van der Waals surface area contributed by atoms with E-state index in [1.807, 2.05) is 40.9 Å². The van der Waals surface area contributed by atoms with E-state index < -0.39 is 0 Å². The third-order valence-electron chi connectivity index (χ3n) is 4.47. The SMILES string of the molecule is C=C(Cc1nc2cccc(-c3ccc(N)c(OC)c3)n2n1)C1CC1. The lowest BCUT2D eigenvalue weighted by atomic mass is 10.1. The zero-order chi connectivity index (χ0) is 16.7. The van der Waals surface area contributed by atoms with Crippen LogP contribution in [0, 0.1) is 5.92 Å². The summed E-state index contributed by atoms with van der Waals surface area (Å²) >= 11 is 0. The number of rotatable bonds is 5. The van der Waals surface area contributed by atoms with Gasteiger partial charge in [-0.2, -0.15) is 5.10 Å². The molecular weight excluding hydrogens is 300 g/mol. The molecule has 0 radical (unpaired) electrons. The van der Waals surface area contributed by atoms with Gasteiger partial charge in [0.05, 0.1) is 18.5 Å². The second-order valence-electron chi connectivity index (χ2n) is 6.28. The van der Waals surface area contributed by atoms with Crippen LogP contribution < -0.4 is 10.5 Å². The number of benzene rings is 1. The monoisotopic (exact) mass is 320 g/mol. The highest BCUT2D eigenvalue weighted by Crippen LogP contribution is 2.36. The Kier molecular flexibility index (Phi) is 3.49. The van der Waals surface area contributed by atoms with Crippen LogP contribution in [0.3, 0.4) is 0 Å². The minimum Gasteiger partial charge on any atom is -0.495 e. The highest BCUT2D eigenvalue weighted by Gasteiger charge is 2.25. The fraction of sp³-hybridized carbons (Fsp3) is 0.263. The Morgan fingerprint density at radius 1 is 1.33 bits per heavy atom. The summed E-state index contributed by atoms with van der Waals surface area (Å²) in [6.07, 6.45) is 3.25. The Labute approximate surface area is 140 Å². The number of anilines is 1. The number of pyridine rings is 1. The Balaban J connectivity index is 1.75. The lowest BCUT2D eigenvalue weighted by Gasteiger charge is -2.08. The maximum atomic E-state index is 5.91. The van der Waals surface area contributed by atoms with Crippen LogP contribution in [0.2, 0.25) is 0 Å². The Morgan fingerprint density at radius 2 is 2.17 bits per heavy atom. The van der Waals surface area contributed by atoms with E-state index in [1.165, 1.54) is 18.4 Å². The number of hydrogen-bond donors (Lipinski definition) is 1. The van der Waals surface area contributed by atoms with Crippen molar-refractivity contribution in [2.24, 2.45) is 5.92 Å². The number of methoxy groups -OCH3 is 1. The minimum absolute atomic E-state index is 0.619. The number of nitrogens with zero attached hydrogens (tertiary/aromatic N) is 3. The summed E-state index contributed by atoms with van der Waals surface area (Å²) in [6, 6.07) is 11.7. The van der Waals surface area contributed by atoms with E-state index in [9.17, 15) is 0 Å². The first-order chi connectivity index (χ1) is 11.7. The molecule has 5 nitrogen and oxygen atoms in total. The average Bonchev–Trinajstić information content (AvgIpc) is 3.35. The van der Waals surface area contributed by atoms with Crippen LogP contribution >= 0.6 is 0 Å². The van der Waals surface area contributed by atoms with Crippen LogP contribution in [-0.4, -0.2) is 21.7 Å². The molecule has 2 N–H and O–H groups in total. The van der Waals surface area contributed by atoms with Crippen molar-refractivity contribution in [2.75, 3.05) is 12.8 Å². The molecule has 1 fully saturated rings. The maximum Gasteiger partial charge on any atom is 0.156 e. The summed E-state index contributed by atoms with van der Waals surface area (Å²) in [6.45, 7) is 4.18. The van der Waals surface area contributed by atoms with E-state index in [1.54, 1.807) is 7.11 Å². The fourth-order valence-corrected chi connectivity index (χ4v) is 2.95. The van der Waals surface area contributed by atoms with E-state index in [4.69, 9.17) is 10.5 Å². The van der Waals surface area contributed by atoms with Crippen molar-refractivity contribution in [3.63, 3.8) is 0 Å². The summed E-state index contributed by atoms with van der Waals surface area (Å²) in [5.74, 6) is 2.14. The molecule has 1 saturated carbocycles. The van der Waals surface area contributed by atoms with Gasteiger partial charge in [0.25, 0.3) is 0 Å². The average molecular weight is 320 g/mol. The van der Waals surface area contributed by atoms with Gasteiger partial charge >= 0.3 is 0 Å². The minimum atomic E-state index is 0.619. The first kappa shape index (κ1) is 14.8. The molecule has 1 aliphatic carbocycles. The second kappa shape index (κ2) is 5.67. The molecule has 0 bridgehead atoms. The summed E-state index contributed by atoms with van der Waals surface area (Å²) in [7, 11) is 1.62. The molecule has 1 aromatic carbocycles. The van der Waals surface area contributed by atoms with Crippen molar-refractivity contribution in [1.82, 2.24) is 14.6 Å². The first-order valence-electron chi connectivity index (χ1n) is 8.12. The molecule has 24 heavy (non-hydrogen) atoms. The lowest BCUT2D eigenvalue weighted by molar-refractivity contribution is 0.417. The van der Waals surface area contributed by atoms with E-state index in [2.05, 4.69) is 16.7 Å². The number of nitrogen functional groups attached to an aromatic ring is 1. The predicted octanol–water partition coefficient (Wildman–Crippen LogP) is 3.50. The standard InChI is InChI=1S/C19H20N4O/c1-12(13-6-7-13)10-18-21-19-5-3-4-16(23(19)22-18)14-8-9-15(20)17(11-14)24-2/h3-5,8-9,11,13H,1,6-7,10,20H2,2H3. The van der Waals surface area contributed by atoms with Crippen LogP contribution in [0.4, 0.5) is 5.69 Å². The van der Waals surface area contributed by atoms with Gasteiger partial charge in [-0.25, -0.2) is 9.50 Å². The van der Waals surface area contributed by atoms with E-state index in [-0.39, 0.29) is 0 Å². The number of ether oxygens (including phenoxy) is 1. The molecule has 0 unspecified atom stereocenters. The molecule has 2 heterocycles. The third-order valence-corrected chi connectivity index (χ3v) is 4.47. The van der Waals surface area contributed by atoms with E-state index >= 15 is 0 Å². The van der Waals surface area contributed by atoms with Gasteiger partial charge in [0, 0.05) is 12.0 Å². The lowest BCUT2D eigenvalue weighted by Crippen LogP contribution is -1.98. The first-order valence-corrected chi connectivity index (χ1v) is 8.12. The van der Waals surface area contributed by atoms with Gasteiger partial charge in [0.2, 0.25) is 0 Å². The predicted molar refractivity (Wildman–Crippen MR) is 95.0 cm³/mol. The van der Waals surface area contributed by atoms with Crippen LogP contribution in [0.5, 0.6) is 5.75 Å². The third kappa shape index (κ3) is 2.62. The highest BCUT2D eigenvalue weighted by atomic mass is 16.5. The maximum absolute atomic E-state index is 5.91. The Bertz CT molecular complexity index is 924. The van der Waals surface area contributed by atoms with Gasteiger partial charge in [0.15, 0.2) is 11.5 Å². The summed E-state index contributed by atoms with van der Waals surface area (Å²) in [5.41, 5.74) is 10.6. The van der Waals surface area contributed by atoms with Crippen molar-refractivity contribution in [3.05, 3.63) is 54.4 Å². The molecule has 5 heteroatoms. The molecule has 0 aliphatic heterocycles. The van der Waals surface area contributed by atoms with Gasteiger partial charge in [-0.05, 0) is 43.0 Å². The van der Waals surface area contributed by atoms with Gasteiger partial charge in [-0.1, -0.05) is 24.3 Å². The molecule has 122 valence electrons. The van der Waals surface area contributed by atoms with Gasteiger partial charge in [0.1, 0.15) is 5.75 Å². The molecule has 3 aromatic rings. The van der Waals surface area contributed by atoms with Crippen molar-refractivity contribution in [1.29, 1.82) is 0 Å². The molecule has 2 aromatic heterocycles. The van der Waals surface area contributed by atoms with Crippen molar-refractivity contribution in [3.8, 4) is 17.0 Å². The molecule has 4 rings (SSSR count). The van der Waals surface area contributed by atoms with Crippen molar-refractivity contribution >= 4 is 11.3 Å². The smallest absolute Gasteiger partial charge is 0.156 e. The molecule has 1 aliphatic rings. The van der Waals surface area contributed by atoms with Crippen molar-refractivity contribution in [2.45, 2.75) is 19.3 Å². The van der Waals surface area contributed by atoms with Gasteiger partial charge in [-0.3, -0.25) is 0 Å². The normalized spacial score (nSPS) is 14.0. The summed E-state index contributed by atoms with van der Waals surface area (Å²) < 4.78 is 7.20. The zero-order valence-electron chi connectivity index (χ0n) is 13.7. The van der Waals surface area contributed by atoms with Crippen LogP contribution in [0.1, 0.15) is 18.7 Å². The number of aromatic nitrogens is 3. The number of nitrogens with two attached hydrogens (primary N) is 1. The van der Waals surface area contributed by atoms with E-state index in [0.29, 0.717) is 17.4 Å². The topological polar surface area (TPSA) is 65.4 Å². The fourth-order valence-electron chi connectivity index (χ4n) is 2.95. The van der Waals surface area contributed by atoms with Crippen LogP contribution in [0.25, 0.3) is 16.9 Å². The molecular formula is C19H20N4O. The summed E-state index contributed by atoms with van der Waals surface area (Å²) in [5, 5.41) is 4.69. The number of fused-ring (bicyclic) bond motifs is 1. The molecule has 0 atom stereocenters. The van der Waals surface area contributed by atoms with Crippen LogP contribution in [-0.2, 0) is 6.42 Å². The molecule has 0 spiro atoms. The van der Waals surface area contributed by atoms with Gasteiger partial charge < -0.3 is 10.5 Å². The second-order valence-corrected chi connectivity index (χ2v) is 6.28. The van der Waals surface area contributed by atoms with Crippen LogP contribution in [0.15, 0.2) is 48.6 Å². The van der Waals surface area contributed by atoms with Crippen molar-refractivity contribution < 1.29 is 4.74 Å². The molecule has 0 amide bonds. The molecule has 0 saturated heterocycles. The number of allylic oxidation sites excluding steroid dienone is 1. The quantitative estimate of drug-likeness (QED) is 0.577. The Hall–Kier alpha value is -2.82. The van der Waals surface area contributed by atoms with E-state index in [0.717, 1.165) is 29.1 Å². The summed E-state index contributed by atoms with van der Waals surface area (Å²) in [4.78, 5) is 4.64. The largest absolute Gasteiger partial charge is 0.495 e. The Morgan fingerprint density at radius 3 is 2.92 bits per heavy atom. The van der Waals surface area contributed by atoms with Gasteiger partial charge in [-0.15, -0.1) is 0 Å². The zero-order valence-corrected chi connectivity index (χ0v) is 13.7. The number of hydrogen-bond acceptors (Lipinski definition) is 4. The highest BCUT2D eigenvalue weighted by molar-refractivity contribution is 5.69.